The summed E-state index contributed by atoms with van der Waals surface area (Å²) in [5, 5.41) is 5.18. The predicted molar refractivity (Wildman–Crippen MR) is 111 cm³/mol. The van der Waals surface area contributed by atoms with Gasteiger partial charge >= 0.3 is 0 Å². The molecule has 0 amide bonds. The molecule has 0 radical (unpaired) electrons. The van der Waals surface area contributed by atoms with Gasteiger partial charge in [0.2, 0.25) is 10.0 Å². The molecule has 5 nitrogen and oxygen atoms in total. The number of nitrogens with two attached hydrogens (primary N) is 1. The van der Waals surface area contributed by atoms with Crippen LogP contribution in [0.15, 0.2) is 47.4 Å². The first-order valence-corrected chi connectivity index (χ1v) is 10.7. The van der Waals surface area contributed by atoms with Crippen molar-refractivity contribution >= 4 is 33.8 Å². The summed E-state index contributed by atoms with van der Waals surface area (Å²) in [5.74, 6) is 0.916. The van der Waals surface area contributed by atoms with Gasteiger partial charge in [0.25, 0.3) is 0 Å². The third-order valence-corrected chi connectivity index (χ3v) is 6.36. The van der Waals surface area contributed by atoms with Crippen LogP contribution in [0.2, 0.25) is 0 Å². The Kier molecular flexibility index (Phi) is 5.82. The topological polar surface area (TPSA) is 66.6 Å². The molecule has 27 heavy (non-hydrogen) atoms. The molecule has 2 aromatic carbocycles. The van der Waals surface area contributed by atoms with Crippen molar-refractivity contribution in [2.24, 2.45) is 11.1 Å². The Labute approximate surface area is 167 Å². The minimum Gasteiger partial charge on any atom is -0.345 e. The Balaban J connectivity index is 0.00000210. The molecule has 1 heterocycles. The Morgan fingerprint density at radius 1 is 1.07 bits per heavy atom. The van der Waals surface area contributed by atoms with Crippen LogP contribution in [0.25, 0.3) is 0 Å². The van der Waals surface area contributed by atoms with Gasteiger partial charge in [-0.25, -0.2) is 13.6 Å². The largest absolute Gasteiger partial charge is 0.345 e. The van der Waals surface area contributed by atoms with E-state index in [1.54, 1.807) is 24.3 Å². The molecule has 0 spiro atoms. The van der Waals surface area contributed by atoms with Gasteiger partial charge < -0.3 is 4.90 Å². The molecule has 1 aliphatic heterocycles. The van der Waals surface area contributed by atoms with Crippen LogP contribution in [0.4, 0.5) is 11.4 Å². The summed E-state index contributed by atoms with van der Waals surface area (Å²) in [6.07, 6.45) is 3.90. The Hall–Kier alpha value is -1.60. The van der Waals surface area contributed by atoms with E-state index in [0.717, 1.165) is 36.8 Å². The first-order valence-electron chi connectivity index (χ1n) is 9.11. The fourth-order valence-electron chi connectivity index (χ4n) is 3.64. The number of fused-ring (bicyclic) bond motifs is 1. The van der Waals surface area contributed by atoms with Gasteiger partial charge in [0, 0.05) is 38.1 Å². The van der Waals surface area contributed by atoms with Crippen molar-refractivity contribution in [1.82, 2.24) is 4.90 Å². The molecule has 2 aromatic rings. The number of benzene rings is 2. The first kappa shape index (κ1) is 20.1. The number of halogens is 1. The molecule has 4 rings (SSSR count). The number of primary sulfonamides is 1. The predicted octanol–water partition coefficient (Wildman–Crippen LogP) is 3.29. The maximum atomic E-state index is 11.4. The SMILES string of the molecule is CN(c1ccc(S(N)(=O)=O)cc1)c1ccc2c(c1)CN(CC1CC1)CC2.Cl. The van der Waals surface area contributed by atoms with E-state index < -0.39 is 10.0 Å². The Morgan fingerprint density at radius 3 is 2.37 bits per heavy atom. The zero-order valence-electron chi connectivity index (χ0n) is 15.5. The molecule has 2 N–H and O–H groups in total. The summed E-state index contributed by atoms with van der Waals surface area (Å²) in [5.41, 5.74) is 4.89. The molecule has 7 heteroatoms. The van der Waals surface area contributed by atoms with Crippen LogP contribution in [0.1, 0.15) is 24.0 Å². The lowest BCUT2D eigenvalue weighted by molar-refractivity contribution is 0.244. The van der Waals surface area contributed by atoms with E-state index in [1.165, 1.54) is 30.5 Å². The second kappa shape index (κ2) is 7.80. The van der Waals surface area contributed by atoms with Gasteiger partial charge in [-0.1, -0.05) is 6.07 Å². The maximum absolute atomic E-state index is 11.4. The van der Waals surface area contributed by atoms with E-state index >= 15 is 0 Å². The highest BCUT2D eigenvalue weighted by Gasteiger charge is 2.26. The summed E-state index contributed by atoms with van der Waals surface area (Å²) in [4.78, 5) is 4.79. The molecule has 0 saturated heterocycles. The number of sulfonamides is 1. The minimum absolute atomic E-state index is 0. The van der Waals surface area contributed by atoms with Gasteiger partial charge in [-0.05, 0) is 72.7 Å². The van der Waals surface area contributed by atoms with Crippen LogP contribution >= 0.6 is 12.4 Å². The van der Waals surface area contributed by atoms with Crippen molar-refractivity contribution in [3.63, 3.8) is 0 Å². The van der Waals surface area contributed by atoms with E-state index in [0.29, 0.717) is 0 Å². The molecule has 0 aromatic heterocycles. The summed E-state index contributed by atoms with van der Waals surface area (Å²) in [6.45, 7) is 3.42. The second-order valence-electron chi connectivity index (χ2n) is 7.48. The number of rotatable bonds is 5. The second-order valence-corrected chi connectivity index (χ2v) is 9.04. The number of anilines is 2. The molecule has 0 bridgehead atoms. The van der Waals surface area contributed by atoms with Crippen LogP contribution < -0.4 is 10.0 Å². The van der Waals surface area contributed by atoms with E-state index in [2.05, 4.69) is 28.0 Å². The van der Waals surface area contributed by atoms with Crippen molar-refractivity contribution in [1.29, 1.82) is 0 Å². The lowest BCUT2D eigenvalue weighted by Gasteiger charge is -2.30. The van der Waals surface area contributed by atoms with Crippen molar-refractivity contribution in [3.05, 3.63) is 53.6 Å². The van der Waals surface area contributed by atoms with Crippen LogP contribution in [0.5, 0.6) is 0 Å². The van der Waals surface area contributed by atoms with E-state index in [-0.39, 0.29) is 17.3 Å². The van der Waals surface area contributed by atoms with Crippen molar-refractivity contribution in [3.8, 4) is 0 Å². The fourth-order valence-corrected chi connectivity index (χ4v) is 4.16. The van der Waals surface area contributed by atoms with Gasteiger partial charge in [-0.15, -0.1) is 12.4 Å². The van der Waals surface area contributed by atoms with Crippen molar-refractivity contribution in [2.45, 2.75) is 30.7 Å². The van der Waals surface area contributed by atoms with Crippen LogP contribution in [0.3, 0.4) is 0 Å². The van der Waals surface area contributed by atoms with Gasteiger partial charge in [0.05, 0.1) is 4.90 Å². The molecular weight excluding hydrogens is 382 g/mol. The van der Waals surface area contributed by atoms with Gasteiger partial charge in [0.15, 0.2) is 0 Å². The molecule has 0 unspecified atom stereocenters. The Bertz CT molecular complexity index is 911. The molecular formula is C20H26ClN3O2S. The van der Waals surface area contributed by atoms with Crippen molar-refractivity contribution < 1.29 is 8.42 Å². The summed E-state index contributed by atoms with van der Waals surface area (Å²) < 4.78 is 22.8. The molecule has 1 fully saturated rings. The zero-order chi connectivity index (χ0) is 18.3. The molecule has 1 saturated carbocycles. The maximum Gasteiger partial charge on any atom is 0.238 e. The highest BCUT2D eigenvalue weighted by atomic mass is 35.5. The van der Waals surface area contributed by atoms with E-state index in [9.17, 15) is 8.42 Å². The molecule has 146 valence electrons. The smallest absolute Gasteiger partial charge is 0.238 e. The third-order valence-electron chi connectivity index (χ3n) is 5.43. The quantitative estimate of drug-likeness (QED) is 0.825. The number of nitrogens with zero attached hydrogens (tertiary/aromatic N) is 2. The normalized spacial score (nSPS) is 17.1. The third kappa shape index (κ3) is 4.63. The number of hydrogen-bond acceptors (Lipinski definition) is 4. The lowest BCUT2D eigenvalue weighted by Crippen LogP contribution is -2.32. The minimum atomic E-state index is -3.66. The van der Waals surface area contributed by atoms with Gasteiger partial charge in [-0.3, -0.25) is 4.90 Å². The van der Waals surface area contributed by atoms with Crippen LogP contribution in [0, 0.1) is 5.92 Å². The lowest BCUT2D eigenvalue weighted by atomic mass is 9.98. The zero-order valence-corrected chi connectivity index (χ0v) is 17.1. The van der Waals surface area contributed by atoms with Crippen molar-refractivity contribution in [2.75, 3.05) is 25.0 Å². The molecule has 0 atom stereocenters. The van der Waals surface area contributed by atoms with E-state index in [1.807, 2.05) is 7.05 Å². The highest BCUT2D eigenvalue weighted by Crippen LogP contribution is 2.33. The first-order chi connectivity index (χ1) is 12.4. The summed E-state index contributed by atoms with van der Waals surface area (Å²) >= 11 is 0. The summed E-state index contributed by atoms with van der Waals surface area (Å²) in [7, 11) is -1.66. The Morgan fingerprint density at radius 2 is 1.74 bits per heavy atom. The van der Waals surface area contributed by atoms with Gasteiger partial charge in [0.1, 0.15) is 0 Å². The fraction of sp³-hybridized carbons (Fsp3) is 0.400. The summed E-state index contributed by atoms with van der Waals surface area (Å²) in [6, 6.07) is 13.3. The average molecular weight is 408 g/mol. The van der Waals surface area contributed by atoms with Gasteiger partial charge in [-0.2, -0.15) is 0 Å². The standard InChI is InChI=1S/C20H25N3O2S.ClH/c1-22(18-6-8-20(9-7-18)26(21,24)25)19-5-4-16-10-11-23(13-15-2-3-15)14-17(16)12-19;/h4-9,12,15H,2-3,10-11,13-14H2,1H3,(H2,21,24,25);1H. The highest BCUT2D eigenvalue weighted by molar-refractivity contribution is 7.89. The molecule has 2 aliphatic rings. The number of hydrogen-bond donors (Lipinski definition) is 1. The average Bonchev–Trinajstić information content (AvgIpc) is 3.44. The molecule has 1 aliphatic carbocycles. The monoisotopic (exact) mass is 407 g/mol. The van der Waals surface area contributed by atoms with E-state index in [4.69, 9.17) is 5.14 Å². The van der Waals surface area contributed by atoms with Crippen LogP contribution in [-0.4, -0.2) is 33.5 Å². The van der Waals surface area contributed by atoms with Crippen LogP contribution in [-0.2, 0) is 23.0 Å².